The van der Waals surface area contributed by atoms with Crippen molar-refractivity contribution in [1.82, 2.24) is 10.6 Å². The molecule has 0 spiro atoms. The van der Waals surface area contributed by atoms with E-state index in [1.807, 2.05) is 0 Å². The fourth-order valence-electron chi connectivity index (χ4n) is 1.84. The number of rotatable bonds is 6. The Labute approximate surface area is 122 Å². The van der Waals surface area contributed by atoms with Crippen molar-refractivity contribution in [2.45, 2.75) is 39.2 Å². The van der Waals surface area contributed by atoms with Crippen molar-refractivity contribution in [3.05, 3.63) is 48.0 Å². The van der Waals surface area contributed by atoms with Crippen molar-refractivity contribution in [1.29, 1.82) is 0 Å². The van der Waals surface area contributed by atoms with Gasteiger partial charge in [0.25, 0.3) is 0 Å². The Bertz CT molecular complexity index is 411. The lowest BCUT2D eigenvalue weighted by Gasteiger charge is -2.18. The summed E-state index contributed by atoms with van der Waals surface area (Å²) in [6, 6.07) is 8.98. The minimum atomic E-state index is 0.204. The highest BCUT2D eigenvalue weighted by Gasteiger charge is 2.08. The van der Waals surface area contributed by atoms with E-state index >= 15 is 0 Å². The molecule has 2 atom stereocenters. The largest absolute Gasteiger partial charge is 0.359 e. The van der Waals surface area contributed by atoms with Gasteiger partial charge in [0.2, 0.25) is 0 Å². The molecule has 0 aliphatic rings. The number of thiocarbonyl (C=S) groups is 1. The molecule has 3 heteroatoms. The van der Waals surface area contributed by atoms with E-state index in [1.165, 1.54) is 17.5 Å². The Balaban J connectivity index is 2.59. The van der Waals surface area contributed by atoms with Crippen LogP contribution in [0.4, 0.5) is 0 Å². The molecule has 104 valence electrons. The highest BCUT2D eigenvalue weighted by molar-refractivity contribution is 7.80. The van der Waals surface area contributed by atoms with Gasteiger partial charge in [-0.2, -0.15) is 0 Å². The first-order valence-corrected chi connectivity index (χ1v) is 7.24. The first kappa shape index (κ1) is 15.7. The van der Waals surface area contributed by atoms with Crippen molar-refractivity contribution in [3.8, 4) is 0 Å². The van der Waals surface area contributed by atoms with E-state index in [1.54, 1.807) is 6.08 Å². The van der Waals surface area contributed by atoms with Gasteiger partial charge < -0.3 is 10.6 Å². The Kier molecular flexibility index (Phi) is 6.57. The van der Waals surface area contributed by atoms with Crippen LogP contribution >= 0.6 is 12.2 Å². The molecule has 1 aromatic carbocycles. The molecule has 0 heterocycles. The third-order valence-corrected chi connectivity index (χ3v) is 3.63. The lowest BCUT2D eigenvalue weighted by Crippen LogP contribution is -2.36. The molecule has 2 unspecified atom stereocenters. The molecule has 19 heavy (non-hydrogen) atoms. The average Bonchev–Trinajstić information content (AvgIpc) is 2.44. The fourth-order valence-corrected chi connectivity index (χ4v) is 2.10. The van der Waals surface area contributed by atoms with E-state index < -0.39 is 0 Å². The smallest absolute Gasteiger partial charge is 0.167 e. The summed E-state index contributed by atoms with van der Waals surface area (Å²) in [5.74, 6) is 0.618. The van der Waals surface area contributed by atoms with Gasteiger partial charge in [0.05, 0.1) is 6.04 Å². The molecule has 2 N–H and O–H groups in total. The molecule has 2 nitrogen and oxygen atoms in total. The van der Waals surface area contributed by atoms with Crippen LogP contribution in [0, 0.1) is 0 Å². The van der Waals surface area contributed by atoms with Crippen molar-refractivity contribution in [3.63, 3.8) is 0 Å². The summed E-state index contributed by atoms with van der Waals surface area (Å²) in [5, 5.41) is 7.01. The standard InChI is InChI=1S/C16H24N2S/c1-5-11-17-16(19)18-13(4)15-9-7-14(8-10-15)12(3)6-2/h5,7-10,12-13H,1,6,11H2,2-4H3,(H2,17,18,19). The molecule has 1 rings (SSSR count). The van der Waals surface area contributed by atoms with Gasteiger partial charge in [-0.1, -0.05) is 44.2 Å². The number of benzene rings is 1. The van der Waals surface area contributed by atoms with Crippen LogP contribution in [0.5, 0.6) is 0 Å². The van der Waals surface area contributed by atoms with Crippen LogP contribution in [-0.4, -0.2) is 11.7 Å². The summed E-state index contributed by atoms with van der Waals surface area (Å²) in [4.78, 5) is 0. The summed E-state index contributed by atoms with van der Waals surface area (Å²) in [7, 11) is 0. The molecule has 0 bridgehead atoms. The van der Waals surface area contributed by atoms with Crippen LogP contribution < -0.4 is 10.6 Å². The predicted octanol–water partition coefficient (Wildman–Crippen LogP) is 3.91. The van der Waals surface area contributed by atoms with Crippen molar-refractivity contribution in [2.75, 3.05) is 6.54 Å². The Morgan fingerprint density at radius 1 is 1.26 bits per heavy atom. The molecular weight excluding hydrogens is 252 g/mol. The van der Waals surface area contributed by atoms with Crippen molar-refractivity contribution < 1.29 is 0 Å². The highest BCUT2D eigenvalue weighted by atomic mass is 32.1. The zero-order valence-corrected chi connectivity index (χ0v) is 12.9. The van der Waals surface area contributed by atoms with E-state index in [2.05, 4.69) is 62.2 Å². The Morgan fingerprint density at radius 2 is 1.84 bits per heavy atom. The Hall–Kier alpha value is -1.35. The first-order valence-electron chi connectivity index (χ1n) is 6.83. The second-order valence-electron chi connectivity index (χ2n) is 4.84. The molecule has 0 saturated carbocycles. The molecule has 0 saturated heterocycles. The summed E-state index contributed by atoms with van der Waals surface area (Å²) in [6.45, 7) is 10.9. The maximum Gasteiger partial charge on any atom is 0.167 e. The maximum absolute atomic E-state index is 5.21. The molecular formula is C16H24N2S. The van der Waals surface area contributed by atoms with Gasteiger partial charge in [-0.15, -0.1) is 6.58 Å². The van der Waals surface area contributed by atoms with E-state index in [0.29, 0.717) is 17.6 Å². The third-order valence-electron chi connectivity index (χ3n) is 3.37. The molecule has 0 aromatic heterocycles. The second kappa shape index (κ2) is 7.95. The lowest BCUT2D eigenvalue weighted by atomic mass is 9.96. The zero-order valence-electron chi connectivity index (χ0n) is 12.1. The maximum atomic E-state index is 5.21. The minimum absolute atomic E-state index is 0.204. The first-order chi connectivity index (χ1) is 9.08. The van der Waals surface area contributed by atoms with Gasteiger partial charge in [-0.3, -0.25) is 0 Å². The normalized spacial score (nSPS) is 13.4. The topological polar surface area (TPSA) is 24.1 Å². The van der Waals surface area contributed by atoms with Crippen LogP contribution in [-0.2, 0) is 0 Å². The van der Waals surface area contributed by atoms with Crippen LogP contribution in [0.2, 0.25) is 0 Å². The van der Waals surface area contributed by atoms with Crippen LogP contribution in [0.15, 0.2) is 36.9 Å². The van der Waals surface area contributed by atoms with Gasteiger partial charge in [0.1, 0.15) is 0 Å². The number of nitrogens with one attached hydrogen (secondary N) is 2. The lowest BCUT2D eigenvalue weighted by molar-refractivity contribution is 0.700. The molecule has 1 aromatic rings. The predicted molar refractivity (Wildman–Crippen MR) is 87.5 cm³/mol. The van der Waals surface area contributed by atoms with E-state index in [9.17, 15) is 0 Å². The molecule has 0 amide bonds. The SMILES string of the molecule is C=CCNC(=S)NC(C)c1ccc(C(C)CC)cc1. The van der Waals surface area contributed by atoms with Crippen molar-refractivity contribution >= 4 is 17.3 Å². The van der Waals surface area contributed by atoms with E-state index in [4.69, 9.17) is 12.2 Å². The van der Waals surface area contributed by atoms with E-state index in [0.717, 1.165) is 0 Å². The van der Waals surface area contributed by atoms with Gasteiger partial charge in [-0.25, -0.2) is 0 Å². The highest BCUT2D eigenvalue weighted by Crippen LogP contribution is 2.21. The third kappa shape index (κ3) is 5.03. The Morgan fingerprint density at radius 3 is 2.37 bits per heavy atom. The van der Waals surface area contributed by atoms with Crippen LogP contribution in [0.25, 0.3) is 0 Å². The van der Waals surface area contributed by atoms with Gasteiger partial charge in [-0.05, 0) is 42.6 Å². The molecule has 0 aliphatic heterocycles. The van der Waals surface area contributed by atoms with Crippen LogP contribution in [0.3, 0.4) is 0 Å². The van der Waals surface area contributed by atoms with Gasteiger partial charge in [0.15, 0.2) is 5.11 Å². The average molecular weight is 276 g/mol. The molecule has 0 aliphatic carbocycles. The summed E-state index contributed by atoms with van der Waals surface area (Å²) >= 11 is 5.21. The quantitative estimate of drug-likeness (QED) is 0.608. The number of hydrogen-bond acceptors (Lipinski definition) is 1. The summed E-state index contributed by atoms with van der Waals surface area (Å²) < 4.78 is 0. The second-order valence-corrected chi connectivity index (χ2v) is 5.25. The monoisotopic (exact) mass is 276 g/mol. The zero-order chi connectivity index (χ0) is 14.3. The molecule has 0 radical (unpaired) electrons. The van der Waals surface area contributed by atoms with Gasteiger partial charge in [0, 0.05) is 6.54 Å². The van der Waals surface area contributed by atoms with Crippen molar-refractivity contribution in [2.24, 2.45) is 0 Å². The van der Waals surface area contributed by atoms with Gasteiger partial charge >= 0.3 is 0 Å². The summed E-state index contributed by atoms with van der Waals surface area (Å²) in [5.41, 5.74) is 2.64. The fraction of sp³-hybridized carbons (Fsp3) is 0.438. The van der Waals surface area contributed by atoms with E-state index in [-0.39, 0.29) is 6.04 Å². The summed E-state index contributed by atoms with van der Waals surface area (Å²) in [6.07, 6.45) is 2.96. The molecule has 0 fully saturated rings. The minimum Gasteiger partial charge on any atom is -0.359 e. The number of hydrogen-bond donors (Lipinski definition) is 2. The van der Waals surface area contributed by atoms with Crippen LogP contribution in [0.1, 0.15) is 50.3 Å².